The van der Waals surface area contributed by atoms with Crippen LogP contribution in [0.2, 0.25) is 10.0 Å². The molecule has 3 N–H and O–H groups in total. The number of hydrogen-bond acceptors (Lipinski definition) is 2. The Morgan fingerprint density at radius 3 is 2.53 bits per heavy atom. The van der Waals surface area contributed by atoms with Gasteiger partial charge in [-0.25, -0.2) is 0 Å². The summed E-state index contributed by atoms with van der Waals surface area (Å²) in [6.45, 7) is 4.44. The highest BCUT2D eigenvalue weighted by molar-refractivity contribution is 6.42. The molecular formula is C13H20Cl2N2. The van der Waals surface area contributed by atoms with E-state index in [0.717, 1.165) is 12.0 Å². The van der Waals surface area contributed by atoms with Crippen LogP contribution in [-0.2, 0) is 0 Å². The van der Waals surface area contributed by atoms with Gasteiger partial charge in [-0.15, -0.1) is 0 Å². The average Bonchev–Trinajstić information content (AvgIpc) is 2.30. The van der Waals surface area contributed by atoms with E-state index in [0.29, 0.717) is 16.0 Å². The van der Waals surface area contributed by atoms with Crippen molar-refractivity contribution >= 4 is 23.2 Å². The summed E-state index contributed by atoms with van der Waals surface area (Å²) in [6.07, 6.45) is 3.40. The van der Waals surface area contributed by atoms with Crippen molar-refractivity contribution in [2.24, 2.45) is 11.8 Å². The maximum atomic E-state index is 6.01. The van der Waals surface area contributed by atoms with Gasteiger partial charge < -0.3 is 0 Å². The van der Waals surface area contributed by atoms with Gasteiger partial charge in [0, 0.05) is 6.04 Å². The zero-order valence-corrected chi connectivity index (χ0v) is 11.9. The van der Waals surface area contributed by atoms with Gasteiger partial charge in [0.15, 0.2) is 0 Å². The van der Waals surface area contributed by atoms with E-state index in [1.165, 1.54) is 12.8 Å². The molecule has 2 atom stereocenters. The maximum absolute atomic E-state index is 6.01. The second-order valence-corrected chi connectivity index (χ2v) is 5.34. The number of hydrazine groups is 1. The average molecular weight is 275 g/mol. The molecule has 96 valence electrons. The predicted molar refractivity (Wildman–Crippen MR) is 75.2 cm³/mol. The van der Waals surface area contributed by atoms with Gasteiger partial charge >= 0.3 is 0 Å². The fourth-order valence-electron chi connectivity index (χ4n) is 2.04. The van der Waals surface area contributed by atoms with Crippen LogP contribution in [0.4, 0.5) is 0 Å². The minimum absolute atomic E-state index is 0.131. The summed E-state index contributed by atoms with van der Waals surface area (Å²) < 4.78 is 0. The van der Waals surface area contributed by atoms with E-state index >= 15 is 0 Å². The number of rotatable bonds is 6. The normalized spacial score (nSPS) is 14.6. The van der Waals surface area contributed by atoms with Crippen LogP contribution in [0.1, 0.15) is 44.7 Å². The van der Waals surface area contributed by atoms with Gasteiger partial charge in [-0.2, -0.15) is 0 Å². The standard InChI is InChI=1S/C13H20Cl2N2/c1-3-4-9(2)7-13(17-16)10-5-6-11(14)12(15)8-10/h5-6,8-9,13,17H,3-4,7,16H2,1-2H3. The Labute approximate surface area is 113 Å². The van der Waals surface area contributed by atoms with Gasteiger partial charge in [0.05, 0.1) is 10.0 Å². The molecule has 0 aromatic heterocycles. The summed E-state index contributed by atoms with van der Waals surface area (Å²) in [5, 5.41) is 1.15. The lowest BCUT2D eigenvalue weighted by atomic mass is 9.93. The summed E-state index contributed by atoms with van der Waals surface area (Å²) >= 11 is 11.9. The second kappa shape index (κ2) is 7.22. The third-order valence-corrected chi connectivity index (χ3v) is 3.71. The van der Waals surface area contributed by atoms with Crippen LogP contribution in [-0.4, -0.2) is 0 Å². The molecule has 1 aromatic carbocycles. The van der Waals surface area contributed by atoms with Crippen LogP contribution in [0.25, 0.3) is 0 Å². The summed E-state index contributed by atoms with van der Waals surface area (Å²) in [7, 11) is 0. The van der Waals surface area contributed by atoms with E-state index < -0.39 is 0 Å². The first-order chi connectivity index (χ1) is 8.08. The topological polar surface area (TPSA) is 38.0 Å². The zero-order chi connectivity index (χ0) is 12.8. The Bertz CT molecular complexity index is 355. The molecule has 1 aromatic rings. The fourth-order valence-corrected chi connectivity index (χ4v) is 2.35. The molecule has 0 aliphatic carbocycles. The molecule has 0 spiro atoms. The third kappa shape index (κ3) is 4.47. The van der Waals surface area contributed by atoms with Crippen molar-refractivity contribution < 1.29 is 0 Å². The molecule has 2 nitrogen and oxygen atoms in total. The lowest BCUT2D eigenvalue weighted by Gasteiger charge is -2.20. The van der Waals surface area contributed by atoms with Crippen molar-refractivity contribution in [2.75, 3.05) is 0 Å². The molecule has 4 heteroatoms. The Morgan fingerprint density at radius 2 is 2.00 bits per heavy atom. The number of halogens is 2. The van der Waals surface area contributed by atoms with Crippen LogP contribution in [0.5, 0.6) is 0 Å². The van der Waals surface area contributed by atoms with E-state index in [2.05, 4.69) is 19.3 Å². The van der Waals surface area contributed by atoms with Crippen LogP contribution in [0.15, 0.2) is 18.2 Å². The van der Waals surface area contributed by atoms with Crippen molar-refractivity contribution in [3.8, 4) is 0 Å². The maximum Gasteiger partial charge on any atom is 0.0595 e. The minimum Gasteiger partial charge on any atom is -0.271 e. The second-order valence-electron chi connectivity index (χ2n) is 4.52. The highest BCUT2D eigenvalue weighted by atomic mass is 35.5. The van der Waals surface area contributed by atoms with E-state index in [-0.39, 0.29) is 6.04 Å². The number of nitrogens with two attached hydrogens (primary N) is 1. The minimum atomic E-state index is 0.131. The molecule has 0 radical (unpaired) electrons. The third-order valence-electron chi connectivity index (χ3n) is 2.97. The van der Waals surface area contributed by atoms with Gasteiger partial charge in [0.25, 0.3) is 0 Å². The molecule has 0 amide bonds. The summed E-state index contributed by atoms with van der Waals surface area (Å²) in [5.74, 6) is 6.25. The molecule has 0 heterocycles. The summed E-state index contributed by atoms with van der Waals surface area (Å²) in [6, 6.07) is 5.80. The van der Waals surface area contributed by atoms with Crippen molar-refractivity contribution in [2.45, 2.75) is 39.2 Å². The monoisotopic (exact) mass is 274 g/mol. The summed E-state index contributed by atoms with van der Waals surface area (Å²) in [4.78, 5) is 0. The molecule has 0 aliphatic heterocycles. The first-order valence-electron chi connectivity index (χ1n) is 5.99. The molecule has 2 unspecified atom stereocenters. The number of nitrogens with one attached hydrogen (secondary N) is 1. The number of benzene rings is 1. The molecule has 0 aliphatic rings. The van der Waals surface area contributed by atoms with Crippen LogP contribution < -0.4 is 11.3 Å². The van der Waals surface area contributed by atoms with E-state index in [1.807, 2.05) is 18.2 Å². The Kier molecular flexibility index (Phi) is 6.28. The molecular weight excluding hydrogens is 255 g/mol. The molecule has 0 saturated carbocycles. The van der Waals surface area contributed by atoms with Crippen LogP contribution in [0.3, 0.4) is 0 Å². The fraction of sp³-hybridized carbons (Fsp3) is 0.538. The van der Waals surface area contributed by atoms with Crippen molar-refractivity contribution in [3.05, 3.63) is 33.8 Å². The molecule has 17 heavy (non-hydrogen) atoms. The van der Waals surface area contributed by atoms with Crippen molar-refractivity contribution in [1.82, 2.24) is 5.43 Å². The van der Waals surface area contributed by atoms with E-state index in [4.69, 9.17) is 29.0 Å². The zero-order valence-electron chi connectivity index (χ0n) is 10.3. The number of hydrogen-bond donors (Lipinski definition) is 2. The van der Waals surface area contributed by atoms with Gasteiger partial charge in [-0.3, -0.25) is 11.3 Å². The summed E-state index contributed by atoms with van der Waals surface area (Å²) in [5.41, 5.74) is 3.94. The molecule has 0 saturated heterocycles. The van der Waals surface area contributed by atoms with Crippen molar-refractivity contribution in [1.29, 1.82) is 0 Å². The van der Waals surface area contributed by atoms with Crippen LogP contribution in [0, 0.1) is 5.92 Å². The van der Waals surface area contributed by atoms with E-state index in [9.17, 15) is 0 Å². The van der Waals surface area contributed by atoms with Crippen molar-refractivity contribution in [3.63, 3.8) is 0 Å². The lowest BCUT2D eigenvalue weighted by molar-refractivity contribution is 0.394. The highest BCUT2D eigenvalue weighted by Gasteiger charge is 2.14. The first kappa shape index (κ1) is 14.8. The quantitative estimate of drug-likeness (QED) is 0.599. The largest absolute Gasteiger partial charge is 0.271 e. The lowest BCUT2D eigenvalue weighted by Crippen LogP contribution is -2.29. The predicted octanol–water partition coefficient (Wildman–Crippen LogP) is 4.32. The first-order valence-corrected chi connectivity index (χ1v) is 6.75. The Balaban J connectivity index is 2.75. The highest BCUT2D eigenvalue weighted by Crippen LogP contribution is 2.29. The van der Waals surface area contributed by atoms with E-state index in [1.54, 1.807) is 0 Å². The van der Waals surface area contributed by atoms with Crippen LogP contribution >= 0.6 is 23.2 Å². The van der Waals surface area contributed by atoms with Gasteiger partial charge in [0.1, 0.15) is 0 Å². The smallest absolute Gasteiger partial charge is 0.0595 e. The van der Waals surface area contributed by atoms with Gasteiger partial charge in [0.2, 0.25) is 0 Å². The van der Waals surface area contributed by atoms with Gasteiger partial charge in [-0.05, 0) is 30.0 Å². The van der Waals surface area contributed by atoms with Gasteiger partial charge in [-0.1, -0.05) is 56.0 Å². The molecule has 0 fully saturated rings. The molecule has 1 rings (SSSR count). The SMILES string of the molecule is CCCC(C)CC(NN)c1ccc(Cl)c(Cl)c1. The Hall–Kier alpha value is -0.280. The molecule has 0 bridgehead atoms. The Morgan fingerprint density at radius 1 is 1.29 bits per heavy atom.